The predicted octanol–water partition coefficient (Wildman–Crippen LogP) is 0.501. The average molecular weight is 199 g/mol. The van der Waals surface area contributed by atoms with E-state index < -0.39 is 0 Å². The Balaban J connectivity index is 2.24. The first kappa shape index (κ1) is 11.5. The van der Waals surface area contributed by atoms with Gasteiger partial charge in [0, 0.05) is 19.1 Å². The molecular formula is C10H21N3O. The van der Waals surface area contributed by atoms with Gasteiger partial charge in [0.15, 0.2) is 0 Å². The van der Waals surface area contributed by atoms with E-state index in [-0.39, 0.29) is 0 Å². The summed E-state index contributed by atoms with van der Waals surface area (Å²) in [5, 5.41) is 0. The van der Waals surface area contributed by atoms with Gasteiger partial charge in [0.1, 0.15) is 0 Å². The molecule has 0 aliphatic heterocycles. The number of amides is 1. The second kappa shape index (κ2) is 6.79. The van der Waals surface area contributed by atoms with Crippen molar-refractivity contribution in [3.05, 3.63) is 0 Å². The van der Waals surface area contributed by atoms with Crippen molar-refractivity contribution < 1.29 is 4.79 Å². The lowest BCUT2D eigenvalue weighted by atomic mass is 9.94. The molecule has 0 atom stereocenters. The Morgan fingerprint density at radius 2 is 2.07 bits per heavy atom. The SMILES string of the molecule is CNNCCN(C=O)C1CCCCC1. The number of hydrogen-bond donors (Lipinski definition) is 2. The Kier molecular flexibility index (Phi) is 5.56. The molecule has 1 amide bonds. The summed E-state index contributed by atoms with van der Waals surface area (Å²) in [5.74, 6) is 0. The number of hydrazine groups is 1. The topological polar surface area (TPSA) is 44.4 Å². The Morgan fingerprint density at radius 1 is 1.36 bits per heavy atom. The molecule has 0 aromatic rings. The first-order valence-electron chi connectivity index (χ1n) is 5.49. The molecule has 0 saturated heterocycles. The van der Waals surface area contributed by atoms with Gasteiger partial charge in [-0.3, -0.25) is 15.6 Å². The first-order chi connectivity index (χ1) is 6.88. The minimum absolute atomic E-state index is 0.486. The maximum Gasteiger partial charge on any atom is 0.209 e. The molecule has 1 saturated carbocycles. The van der Waals surface area contributed by atoms with E-state index in [1.165, 1.54) is 32.1 Å². The first-order valence-corrected chi connectivity index (χ1v) is 5.49. The second-order valence-corrected chi connectivity index (χ2v) is 3.81. The quantitative estimate of drug-likeness (QED) is 0.372. The molecule has 0 radical (unpaired) electrons. The Hall–Kier alpha value is -0.610. The molecule has 0 unspecified atom stereocenters. The zero-order valence-electron chi connectivity index (χ0n) is 8.96. The molecule has 1 fully saturated rings. The minimum atomic E-state index is 0.486. The lowest BCUT2D eigenvalue weighted by molar-refractivity contribution is -0.120. The fraction of sp³-hybridized carbons (Fsp3) is 0.900. The molecule has 0 aromatic carbocycles. The van der Waals surface area contributed by atoms with Crippen molar-refractivity contribution in [2.75, 3.05) is 20.1 Å². The van der Waals surface area contributed by atoms with Gasteiger partial charge >= 0.3 is 0 Å². The summed E-state index contributed by atoms with van der Waals surface area (Å²) < 4.78 is 0. The maximum atomic E-state index is 10.9. The van der Waals surface area contributed by atoms with Crippen LogP contribution in [0, 0.1) is 0 Å². The van der Waals surface area contributed by atoms with Crippen LogP contribution in [0.4, 0.5) is 0 Å². The fourth-order valence-corrected chi connectivity index (χ4v) is 2.04. The summed E-state index contributed by atoms with van der Waals surface area (Å²) in [6.45, 7) is 1.61. The van der Waals surface area contributed by atoms with E-state index in [2.05, 4.69) is 10.9 Å². The molecule has 0 aromatic heterocycles. The van der Waals surface area contributed by atoms with Crippen LogP contribution in [0.5, 0.6) is 0 Å². The van der Waals surface area contributed by atoms with Crippen molar-refractivity contribution >= 4 is 6.41 Å². The summed E-state index contributed by atoms with van der Waals surface area (Å²) in [5.41, 5.74) is 5.86. The Labute approximate surface area is 86.0 Å². The van der Waals surface area contributed by atoms with Crippen molar-refractivity contribution in [3.8, 4) is 0 Å². The van der Waals surface area contributed by atoms with Crippen LogP contribution >= 0.6 is 0 Å². The van der Waals surface area contributed by atoms with Gasteiger partial charge in [-0.15, -0.1) is 0 Å². The van der Waals surface area contributed by atoms with Crippen molar-refractivity contribution in [1.82, 2.24) is 15.8 Å². The number of carbonyl (C=O) groups is 1. The lowest BCUT2D eigenvalue weighted by Gasteiger charge is -2.31. The maximum absolute atomic E-state index is 10.9. The normalized spacial score (nSPS) is 18.1. The molecule has 1 aliphatic rings. The molecule has 82 valence electrons. The zero-order chi connectivity index (χ0) is 10.2. The molecule has 2 N–H and O–H groups in total. The van der Waals surface area contributed by atoms with Gasteiger partial charge in [0.2, 0.25) is 6.41 Å². The fourth-order valence-electron chi connectivity index (χ4n) is 2.04. The number of rotatable bonds is 6. The van der Waals surface area contributed by atoms with Gasteiger partial charge in [0.05, 0.1) is 0 Å². The molecule has 1 rings (SSSR count). The number of hydrogen-bond acceptors (Lipinski definition) is 3. The van der Waals surface area contributed by atoms with E-state index in [0.717, 1.165) is 19.5 Å². The van der Waals surface area contributed by atoms with Crippen molar-refractivity contribution in [3.63, 3.8) is 0 Å². The van der Waals surface area contributed by atoms with Crippen LogP contribution in [0.15, 0.2) is 0 Å². The van der Waals surface area contributed by atoms with Gasteiger partial charge < -0.3 is 4.90 Å². The summed E-state index contributed by atoms with van der Waals surface area (Å²) in [6.07, 6.45) is 7.23. The largest absolute Gasteiger partial charge is 0.341 e. The third kappa shape index (κ3) is 3.64. The third-order valence-electron chi connectivity index (χ3n) is 2.85. The third-order valence-corrected chi connectivity index (χ3v) is 2.85. The molecule has 0 bridgehead atoms. The van der Waals surface area contributed by atoms with E-state index in [9.17, 15) is 4.79 Å². The van der Waals surface area contributed by atoms with E-state index in [1.807, 2.05) is 11.9 Å². The van der Waals surface area contributed by atoms with Gasteiger partial charge in [-0.2, -0.15) is 0 Å². The molecular weight excluding hydrogens is 178 g/mol. The van der Waals surface area contributed by atoms with Gasteiger partial charge in [-0.25, -0.2) is 0 Å². The van der Waals surface area contributed by atoms with E-state index in [1.54, 1.807) is 0 Å². The van der Waals surface area contributed by atoms with Gasteiger partial charge in [-0.05, 0) is 19.9 Å². The monoisotopic (exact) mass is 199 g/mol. The minimum Gasteiger partial charge on any atom is -0.341 e. The molecule has 14 heavy (non-hydrogen) atoms. The molecule has 4 heteroatoms. The predicted molar refractivity (Wildman–Crippen MR) is 56.7 cm³/mol. The smallest absolute Gasteiger partial charge is 0.209 e. The van der Waals surface area contributed by atoms with Crippen LogP contribution in [-0.4, -0.2) is 37.5 Å². The highest BCUT2D eigenvalue weighted by molar-refractivity contribution is 5.47. The van der Waals surface area contributed by atoms with Crippen molar-refractivity contribution in [2.45, 2.75) is 38.1 Å². The van der Waals surface area contributed by atoms with Gasteiger partial charge in [0.25, 0.3) is 0 Å². The van der Waals surface area contributed by atoms with Crippen LogP contribution in [0.3, 0.4) is 0 Å². The highest BCUT2D eigenvalue weighted by Gasteiger charge is 2.18. The number of nitrogens with one attached hydrogen (secondary N) is 2. The molecule has 4 nitrogen and oxygen atoms in total. The number of nitrogens with zero attached hydrogens (tertiary/aromatic N) is 1. The lowest BCUT2D eigenvalue weighted by Crippen LogP contribution is -2.42. The number of carbonyl (C=O) groups excluding carboxylic acids is 1. The van der Waals surface area contributed by atoms with Crippen LogP contribution in [-0.2, 0) is 4.79 Å². The Bertz CT molecular complexity index is 157. The zero-order valence-corrected chi connectivity index (χ0v) is 8.96. The van der Waals surface area contributed by atoms with Gasteiger partial charge in [-0.1, -0.05) is 19.3 Å². The Morgan fingerprint density at radius 3 is 2.64 bits per heavy atom. The van der Waals surface area contributed by atoms with E-state index in [0.29, 0.717) is 6.04 Å². The van der Waals surface area contributed by atoms with Crippen LogP contribution < -0.4 is 10.9 Å². The standard InChI is InChI=1S/C10H21N3O/c1-11-12-7-8-13(9-14)10-5-3-2-4-6-10/h9-12H,2-8H2,1H3. The van der Waals surface area contributed by atoms with E-state index in [4.69, 9.17) is 0 Å². The van der Waals surface area contributed by atoms with E-state index >= 15 is 0 Å². The highest BCUT2D eigenvalue weighted by atomic mass is 16.1. The van der Waals surface area contributed by atoms with Crippen molar-refractivity contribution in [2.24, 2.45) is 0 Å². The summed E-state index contributed by atoms with van der Waals surface area (Å²) >= 11 is 0. The van der Waals surface area contributed by atoms with Crippen LogP contribution in [0.25, 0.3) is 0 Å². The summed E-state index contributed by atoms with van der Waals surface area (Å²) in [6, 6.07) is 0.486. The average Bonchev–Trinajstić information content (AvgIpc) is 2.26. The molecule has 1 aliphatic carbocycles. The van der Waals surface area contributed by atoms with Crippen molar-refractivity contribution in [1.29, 1.82) is 0 Å². The summed E-state index contributed by atoms with van der Waals surface area (Å²) in [7, 11) is 1.84. The highest BCUT2D eigenvalue weighted by Crippen LogP contribution is 2.21. The van der Waals surface area contributed by atoms with Crippen LogP contribution in [0.1, 0.15) is 32.1 Å². The second-order valence-electron chi connectivity index (χ2n) is 3.81. The molecule has 0 heterocycles. The molecule has 0 spiro atoms. The van der Waals surface area contributed by atoms with Crippen LogP contribution in [0.2, 0.25) is 0 Å². The summed E-state index contributed by atoms with van der Waals surface area (Å²) in [4.78, 5) is 12.8.